The quantitative estimate of drug-likeness (QED) is 0.351. The predicted octanol–water partition coefficient (Wildman–Crippen LogP) is 4.25. The number of rotatable bonds is 9. The Hall–Kier alpha value is -3.46. The number of methoxy groups -OCH3 is 1. The molecule has 3 heterocycles. The third-order valence-electron chi connectivity index (χ3n) is 4.88. The van der Waals surface area contributed by atoms with Crippen LogP contribution in [0.15, 0.2) is 68.8 Å². The van der Waals surface area contributed by atoms with Gasteiger partial charge in [0.2, 0.25) is 5.91 Å². The zero-order valence-corrected chi connectivity index (χ0v) is 19.0. The Morgan fingerprint density at radius 3 is 2.75 bits per heavy atom. The van der Waals surface area contributed by atoms with Crippen LogP contribution in [0.1, 0.15) is 17.3 Å². The summed E-state index contributed by atoms with van der Waals surface area (Å²) in [5, 5.41) is 9.38. The van der Waals surface area contributed by atoms with Crippen molar-refractivity contribution in [1.29, 1.82) is 0 Å². The molecule has 4 aromatic rings. The molecule has 0 radical (unpaired) electrons. The number of carbonyl (C=O) groups is 1. The summed E-state index contributed by atoms with van der Waals surface area (Å²) in [5.41, 5.74) is 0.867. The fraction of sp³-hybridized carbons (Fsp3) is 0.261. The molecule has 8 nitrogen and oxygen atoms in total. The molecule has 0 spiro atoms. The zero-order valence-electron chi connectivity index (χ0n) is 18.1. The van der Waals surface area contributed by atoms with Gasteiger partial charge in [0.15, 0.2) is 11.0 Å². The van der Waals surface area contributed by atoms with Crippen LogP contribution in [-0.2, 0) is 17.9 Å². The van der Waals surface area contributed by atoms with E-state index in [9.17, 15) is 4.79 Å². The monoisotopic (exact) mass is 452 g/mol. The molecule has 0 bridgehead atoms. The second-order valence-corrected chi connectivity index (χ2v) is 8.20. The number of aryl methyl sites for hydroxylation is 1. The molecule has 0 atom stereocenters. The second kappa shape index (κ2) is 9.78. The largest absolute Gasteiger partial charge is 0.497 e. The van der Waals surface area contributed by atoms with E-state index in [0.717, 1.165) is 28.6 Å². The van der Waals surface area contributed by atoms with E-state index in [1.54, 1.807) is 25.3 Å². The molecule has 0 fully saturated rings. The summed E-state index contributed by atoms with van der Waals surface area (Å²) in [6.45, 7) is 2.75. The Kier molecular flexibility index (Phi) is 6.65. The lowest BCUT2D eigenvalue weighted by atomic mass is 10.2. The molecule has 1 aromatic carbocycles. The van der Waals surface area contributed by atoms with Gasteiger partial charge in [0.25, 0.3) is 0 Å². The van der Waals surface area contributed by atoms with Gasteiger partial charge < -0.3 is 18.5 Å². The number of thioether (sulfide) groups is 1. The van der Waals surface area contributed by atoms with Crippen LogP contribution in [0, 0.1) is 6.92 Å². The van der Waals surface area contributed by atoms with Crippen molar-refractivity contribution in [3.63, 3.8) is 0 Å². The molecule has 0 aliphatic rings. The third-order valence-corrected chi connectivity index (χ3v) is 5.83. The summed E-state index contributed by atoms with van der Waals surface area (Å²) >= 11 is 1.34. The van der Waals surface area contributed by atoms with Gasteiger partial charge >= 0.3 is 0 Å². The molecule has 0 saturated heterocycles. The number of hydrogen-bond donors (Lipinski definition) is 0. The fourth-order valence-electron chi connectivity index (χ4n) is 3.20. The summed E-state index contributed by atoms with van der Waals surface area (Å²) in [7, 11) is 3.39. The van der Waals surface area contributed by atoms with Crippen LogP contribution in [0.5, 0.6) is 5.75 Å². The molecule has 0 unspecified atom stereocenters. The zero-order chi connectivity index (χ0) is 22.5. The van der Waals surface area contributed by atoms with Crippen LogP contribution < -0.4 is 4.74 Å². The first-order chi connectivity index (χ1) is 15.5. The van der Waals surface area contributed by atoms with E-state index in [-0.39, 0.29) is 11.7 Å². The van der Waals surface area contributed by atoms with Crippen molar-refractivity contribution in [3.8, 4) is 17.1 Å². The van der Waals surface area contributed by atoms with Gasteiger partial charge in [-0.1, -0.05) is 23.9 Å². The molecule has 0 aliphatic heterocycles. The van der Waals surface area contributed by atoms with Crippen molar-refractivity contribution in [2.75, 3.05) is 19.9 Å². The molecule has 0 N–H and O–H groups in total. The van der Waals surface area contributed by atoms with Crippen molar-refractivity contribution >= 4 is 17.7 Å². The van der Waals surface area contributed by atoms with Crippen LogP contribution in [-0.4, -0.2) is 45.5 Å². The van der Waals surface area contributed by atoms with Crippen molar-refractivity contribution in [2.24, 2.45) is 0 Å². The van der Waals surface area contributed by atoms with Gasteiger partial charge in [-0.3, -0.25) is 9.36 Å². The highest BCUT2D eigenvalue weighted by Crippen LogP contribution is 2.28. The van der Waals surface area contributed by atoms with Crippen molar-refractivity contribution in [2.45, 2.75) is 25.2 Å². The summed E-state index contributed by atoms with van der Waals surface area (Å²) in [5.74, 6) is 3.96. The summed E-state index contributed by atoms with van der Waals surface area (Å²) < 4.78 is 18.4. The maximum absolute atomic E-state index is 12.7. The number of hydrogen-bond acceptors (Lipinski definition) is 7. The number of amides is 1. The first-order valence-corrected chi connectivity index (χ1v) is 11.0. The summed E-state index contributed by atoms with van der Waals surface area (Å²) in [6.07, 6.45) is 1.63. The second-order valence-electron chi connectivity index (χ2n) is 7.25. The van der Waals surface area contributed by atoms with E-state index in [0.29, 0.717) is 24.1 Å². The van der Waals surface area contributed by atoms with Gasteiger partial charge in [-0.25, -0.2) is 0 Å². The molecular weight excluding hydrogens is 428 g/mol. The lowest BCUT2D eigenvalue weighted by Gasteiger charge is -2.15. The lowest BCUT2D eigenvalue weighted by molar-refractivity contribution is -0.127. The van der Waals surface area contributed by atoms with Crippen molar-refractivity contribution < 1.29 is 18.4 Å². The van der Waals surface area contributed by atoms with Gasteiger partial charge in [0, 0.05) is 12.6 Å². The van der Waals surface area contributed by atoms with Gasteiger partial charge in [0.1, 0.15) is 23.0 Å². The maximum Gasteiger partial charge on any atom is 0.233 e. The number of furan rings is 2. The van der Waals surface area contributed by atoms with E-state index >= 15 is 0 Å². The Bertz CT molecular complexity index is 1180. The van der Waals surface area contributed by atoms with Crippen molar-refractivity contribution in [3.05, 3.63) is 72.1 Å². The first kappa shape index (κ1) is 21.8. The van der Waals surface area contributed by atoms with Crippen LogP contribution in [0.25, 0.3) is 11.4 Å². The van der Waals surface area contributed by atoms with Crippen LogP contribution >= 0.6 is 11.8 Å². The molecule has 9 heteroatoms. The number of aromatic nitrogens is 3. The van der Waals surface area contributed by atoms with E-state index in [2.05, 4.69) is 10.2 Å². The molecule has 0 saturated carbocycles. The minimum absolute atomic E-state index is 0.0282. The van der Waals surface area contributed by atoms with E-state index in [4.69, 9.17) is 13.6 Å². The molecule has 0 aliphatic carbocycles. The maximum atomic E-state index is 12.7. The smallest absolute Gasteiger partial charge is 0.233 e. The highest BCUT2D eigenvalue weighted by atomic mass is 32.2. The standard InChI is InChI=1S/C23H24N4O4S/c1-16-9-10-20(31-16)13-26(2)21(28)15-32-23-25-24-22(17-6-4-7-18(12-17)29-3)27(23)14-19-8-5-11-30-19/h4-12H,13-15H2,1-3H3. The molecule has 1 amide bonds. The number of nitrogens with zero attached hydrogens (tertiary/aromatic N) is 4. The molecule has 3 aromatic heterocycles. The average molecular weight is 453 g/mol. The van der Waals surface area contributed by atoms with Crippen LogP contribution in [0.4, 0.5) is 0 Å². The number of carbonyl (C=O) groups excluding carboxylic acids is 1. The highest BCUT2D eigenvalue weighted by molar-refractivity contribution is 7.99. The predicted molar refractivity (Wildman–Crippen MR) is 120 cm³/mol. The Labute approximate surface area is 190 Å². The van der Waals surface area contributed by atoms with E-state index < -0.39 is 0 Å². The van der Waals surface area contributed by atoms with Crippen LogP contribution in [0.3, 0.4) is 0 Å². The fourth-order valence-corrected chi connectivity index (χ4v) is 4.08. The highest BCUT2D eigenvalue weighted by Gasteiger charge is 2.19. The van der Waals surface area contributed by atoms with Crippen molar-refractivity contribution in [1.82, 2.24) is 19.7 Å². The average Bonchev–Trinajstić information content (AvgIpc) is 3.55. The molecule has 4 rings (SSSR count). The first-order valence-electron chi connectivity index (χ1n) is 10.1. The van der Waals surface area contributed by atoms with E-state index in [1.807, 2.05) is 60.0 Å². The lowest BCUT2D eigenvalue weighted by Crippen LogP contribution is -2.27. The minimum atomic E-state index is -0.0282. The third kappa shape index (κ3) is 5.05. The molecular formula is C23H24N4O4S. The van der Waals surface area contributed by atoms with Gasteiger partial charge in [0.05, 0.1) is 32.2 Å². The SMILES string of the molecule is COc1cccc(-c2nnc(SCC(=O)N(C)Cc3ccc(C)o3)n2Cc2ccco2)c1. The normalized spacial score (nSPS) is 11.0. The number of benzene rings is 1. The summed E-state index contributed by atoms with van der Waals surface area (Å²) in [4.78, 5) is 14.3. The topological polar surface area (TPSA) is 86.5 Å². The van der Waals surface area contributed by atoms with Crippen LogP contribution in [0.2, 0.25) is 0 Å². The van der Waals surface area contributed by atoms with Gasteiger partial charge in [-0.05, 0) is 43.3 Å². The Morgan fingerprint density at radius 1 is 1.16 bits per heavy atom. The Balaban J connectivity index is 1.52. The Morgan fingerprint density at radius 2 is 2.03 bits per heavy atom. The van der Waals surface area contributed by atoms with Gasteiger partial charge in [-0.15, -0.1) is 10.2 Å². The summed E-state index contributed by atoms with van der Waals surface area (Å²) in [6, 6.07) is 15.1. The van der Waals surface area contributed by atoms with Gasteiger partial charge in [-0.2, -0.15) is 0 Å². The minimum Gasteiger partial charge on any atom is -0.497 e. The molecule has 166 valence electrons. The number of ether oxygens (including phenoxy) is 1. The molecule has 32 heavy (non-hydrogen) atoms. The van der Waals surface area contributed by atoms with E-state index in [1.165, 1.54) is 11.8 Å².